The van der Waals surface area contributed by atoms with Gasteiger partial charge in [-0.15, -0.1) is 0 Å². The van der Waals surface area contributed by atoms with E-state index in [0.717, 1.165) is 16.9 Å². The summed E-state index contributed by atoms with van der Waals surface area (Å²) in [4.78, 5) is 20.2. The number of amides is 1. The minimum absolute atomic E-state index is 0.0796. The van der Waals surface area contributed by atoms with Crippen LogP contribution in [-0.2, 0) is 0 Å². The summed E-state index contributed by atoms with van der Waals surface area (Å²) >= 11 is 0. The highest BCUT2D eigenvalue weighted by Gasteiger charge is 2.39. The van der Waals surface area contributed by atoms with Gasteiger partial charge in [0, 0.05) is 5.56 Å². The van der Waals surface area contributed by atoms with Gasteiger partial charge in [0.05, 0.1) is 26.3 Å². The third-order valence-electron chi connectivity index (χ3n) is 6.32. The predicted molar refractivity (Wildman–Crippen MR) is 129 cm³/mol. The first kappa shape index (κ1) is 21.7. The number of hydrogen-bond donors (Lipinski definition) is 0. The number of rotatable bonds is 5. The summed E-state index contributed by atoms with van der Waals surface area (Å²) in [7, 11) is 3.25. The van der Waals surface area contributed by atoms with Crippen LogP contribution in [0.4, 0.5) is 5.95 Å². The van der Waals surface area contributed by atoms with Gasteiger partial charge in [-0.05, 0) is 54.8 Å². The van der Waals surface area contributed by atoms with Gasteiger partial charge in [-0.3, -0.25) is 9.69 Å². The van der Waals surface area contributed by atoms with E-state index >= 15 is 0 Å². The molecule has 0 aliphatic carbocycles. The summed E-state index contributed by atoms with van der Waals surface area (Å²) < 4.78 is 12.5. The molecule has 34 heavy (non-hydrogen) atoms. The van der Waals surface area contributed by atoms with Gasteiger partial charge < -0.3 is 9.47 Å². The first-order valence-corrected chi connectivity index (χ1v) is 11.2. The number of aryl methyl sites for hydroxylation is 1. The van der Waals surface area contributed by atoms with Crippen LogP contribution in [0.2, 0.25) is 0 Å². The Balaban J connectivity index is 1.62. The minimum Gasteiger partial charge on any atom is -0.497 e. The molecule has 7 nitrogen and oxygen atoms in total. The fraction of sp³-hybridized carbons (Fsp3) is 0.222. The van der Waals surface area contributed by atoms with Crippen LogP contribution in [0.25, 0.3) is 0 Å². The second-order valence-electron chi connectivity index (χ2n) is 8.36. The topological polar surface area (TPSA) is 69.5 Å². The standard InChI is InChI=1S/C27H26N4O3/c1-18-7-9-19(10-8-18)24-16-25(20-11-13-22(33-2)14-12-20)31-27(28-17-29-31)30(24)26(32)21-5-4-6-23(15-21)34-3/h4-15,17,24-25H,16H2,1-3H3/t24-,25+/m0/s1. The normalized spacial score (nSPS) is 17.2. The maximum atomic E-state index is 13.9. The first-order valence-electron chi connectivity index (χ1n) is 11.2. The van der Waals surface area contributed by atoms with Crippen LogP contribution in [0, 0.1) is 6.92 Å². The third kappa shape index (κ3) is 3.90. The van der Waals surface area contributed by atoms with E-state index in [1.807, 2.05) is 41.1 Å². The molecule has 2 atom stereocenters. The molecule has 0 bridgehead atoms. The average Bonchev–Trinajstić information content (AvgIpc) is 3.38. The number of fused-ring (bicyclic) bond motifs is 1. The van der Waals surface area contributed by atoms with E-state index in [0.29, 0.717) is 23.7 Å². The molecule has 172 valence electrons. The molecule has 2 heterocycles. The molecule has 3 aromatic carbocycles. The number of benzene rings is 3. The fourth-order valence-corrected chi connectivity index (χ4v) is 4.50. The van der Waals surface area contributed by atoms with Gasteiger partial charge in [0.15, 0.2) is 0 Å². The van der Waals surface area contributed by atoms with Crippen molar-refractivity contribution in [1.82, 2.24) is 14.8 Å². The Morgan fingerprint density at radius 2 is 1.56 bits per heavy atom. The zero-order valence-electron chi connectivity index (χ0n) is 19.4. The number of carbonyl (C=O) groups excluding carboxylic acids is 1. The maximum Gasteiger partial charge on any atom is 0.261 e. The zero-order valence-corrected chi connectivity index (χ0v) is 19.4. The number of ether oxygens (including phenoxy) is 2. The second-order valence-corrected chi connectivity index (χ2v) is 8.36. The van der Waals surface area contributed by atoms with Crippen LogP contribution in [-0.4, -0.2) is 34.9 Å². The Morgan fingerprint density at radius 3 is 2.26 bits per heavy atom. The molecule has 0 N–H and O–H groups in total. The highest BCUT2D eigenvalue weighted by Crippen LogP contribution is 2.42. The lowest BCUT2D eigenvalue weighted by Gasteiger charge is -2.39. The van der Waals surface area contributed by atoms with E-state index in [9.17, 15) is 4.79 Å². The Bertz CT molecular complexity index is 1300. The van der Waals surface area contributed by atoms with E-state index in [-0.39, 0.29) is 18.0 Å². The van der Waals surface area contributed by atoms with E-state index in [1.165, 1.54) is 11.9 Å². The monoisotopic (exact) mass is 454 g/mol. The number of hydrogen-bond acceptors (Lipinski definition) is 5. The highest BCUT2D eigenvalue weighted by molar-refractivity contribution is 6.06. The van der Waals surface area contributed by atoms with Gasteiger partial charge in [0.2, 0.25) is 5.95 Å². The number of nitrogens with zero attached hydrogens (tertiary/aromatic N) is 4. The molecule has 0 saturated carbocycles. The van der Waals surface area contributed by atoms with Gasteiger partial charge in [0.1, 0.15) is 17.8 Å². The summed E-state index contributed by atoms with van der Waals surface area (Å²) in [5.74, 6) is 1.80. The molecule has 1 aliphatic rings. The van der Waals surface area contributed by atoms with Crippen molar-refractivity contribution >= 4 is 11.9 Å². The lowest BCUT2D eigenvalue weighted by atomic mass is 9.91. The summed E-state index contributed by atoms with van der Waals surface area (Å²) in [6, 6.07) is 23.2. The molecule has 1 aromatic heterocycles. The largest absolute Gasteiger partial charge is 0.497 e. The molecule has 0 spiro atoms. The second kappa shape index (κ2) is 9.02. The molecule has 1 amide bonds. The van der Waals surface area contributed by atoms with Crippen molar-refractivity contribution in [3.05, 3.63) is 101 Å². The SMILES string of the molecule is COc1ccc([C@H]2C[C@@H](c3ccc(C)cc3)N(C(=O)c3cccc(OC)c3)c3ncnn32)cc1. The average molecular weight is 455 g/mol. The van der Waals surface area contributed by atoms with Gasteiger partial charge in [-0.25, -0.2) is 4.68 Å². The molecule has 4 aromatic rings. The quantitative estimate of drug-likeness (QED) is 0.425. The Hall–Kier alpha value is -4.13. The van der Waals surface area contributed by atoms with E-state index < -0.39 is 0 Å². The molecule has 0 radical (unpaired) electrons. The van der Waals surface area contributed by atoms with Crippen LogP contribution in [0.1, 0.15) is 45.6 Å². The number of aromatic nitrogens is 3. The van der Waals surface area contributed by atoms with Crippen LogP contribution in [0.15, 0.2) is 79.1 Å². The third-order valence-corrected chi connectivity index (χ3v) is 6.32. The van der Waals surface area contributed by atoms with Gasteiger partial charge in [-0.2, -0.15) is 10.1 Å². The molecular weight excluding hydrogens is 428 g/mol. The van der Waals surface area contributed by atoms with Crippen molar-refractivity contribution < 1.29 is 14.3 Å². The maximum absolute atomic E-state index is 13.9. The molecule has 0 fully saturated rings. The lowest BCUT2D eigenvalue weighted by Crippen LogP contribution is -2.42. The molecule has 5 rings (SSSR count). The van der Waals surface area contributed by atoms with Gasteiger partial charge in [0.25, 0.3) is 5.91 Å². The Kier molecular flexibility index (Phi) is 5.76. The number of carbonyl (C=O) groups is 1. The molecule has 1 aliphatic heterocycles. The van der Waals surface area contributed by atoms with Crippen LogP contribution < -0.4 is 14.4 Å². The van der Waals surface area contributed by atoms with Crippen LogP contribution in [0.5, 0.6) is 11.5 Å². The summed E-state index contributed by atoms with van der Waals surface area (Å²) in [6.07, 6.45) is 2.16. The minimum atomic E-state index is -0.219. The Morgan fingerprint density at radius 1 is 0.882 bits per heavy atom. The summed E-state index contributed by atoms with van der Waals surface area (Å²) in [6.45, 7) is 2.06. The smallest absolute Gasteiger partial charge is 0.261 e. The van der Waals surface area contributed by atoms with E-state index in [1.54, 1.807) is 31.3 Å². The molecule has 0 unspecified atom stereocenters. The van der Waals surface area contributed by atoms with Gasteiger partial charge in [-0.1, -0.05) is 48.0 Å². The van der Waals surface area contributed by atoms with Crippen molar-refractivity contribution in [3.63, 3.8) is 0 Å². The fourth-order valence-electron chi connectivity index (χ4n) is 4.50. The lowest BCUT2D eigenvalue weighted by molar-refractivity contribution is 0.0963. The molecular formula is C27H26N4O3. The highest BCUT2D eigenvalue weighted by atomic mass is 16.5. The van der Waals surface area contributed by atoms with E-state index in [4.69, 9.17) is 9.47 Å². The van der Waals surface area contributed by atoms with E-state index in [2.05, 4.69) is 41.3 Å². The zero-order chi connectivity index (χ0) is 23.7. The van der Waals surface area contributed by atoms with Crippen LogP contribution >= 0.6 is 0 Å². The van der Waals surface area contributed by atoms with Crippen LogP contribution in [0.3, 0.4) is 0 Å². The van der Waals surface area contributed by atoms with Crippen molar-refractivity contribution in [2.75, 3.05) is 19.1 Å². The summed E-state index contributed by atoms with van der Waals surface area (Å²) in [5.41, 5.74) is 3.83. The number of methoxy groups -OCH3 is 2. The van der Waals surface area contributed by atoms with Crippen molar-refractivity contribution in [1.29, 1.82) is 0 Å². The molecule has 0 saturated heterocycles. The molecule has 7 heteroatoms. The van der Waals surface area contributed by atoms with Crippen molar-refractivity contribution in [2.24, 2.45) is 0 Å². The first-order chi connectivity index (χ1) is 16.6. The van der Waals surface area contributed by atoms with Crippen molar-refractivity contribution in [3.8, 4) is 11.5 Å². The Labute approximate surface area is 198 Å². The predicted octanol–water partition coefficient (Wildman–Crippen LogP) is 4.98. The summed E-state index contributed by atoms with van der Waals surface area (Å²) in [5, 5.41) is 4.52. The van der Waals surface area contributed by atoms with Crippen molar-refractivity contribution in [2.45, 2.75) is 25.4 Å². The number of anilines is 1. The van der Waals surface area contributed by atoms with Gasteiger partial charge >= 0.3 is 0 Å².